The lowest BCUT2D eigenvalue weighted by Gasteiger charge is -2.32. The highest BCUT2D eigenvalue weighted by atomic mass is 32.2. The van der Waals surface area contributed by atoms with Gasteiger partial charge >= 0.3 is 0 Å². The molecule has 3 aromatic rings. The number of rotatable bonds is 6. The molecule has 2 N–H and O–H groups in total. The van der Waals surface area contributed by atoms with Crippen LogP contribution in [0.5, 0.6) is 0 Å². The summed E-state index contributed by atoms with van der Waals surface area (Å²) in [5.74, 6) is -0.0386. The van der Waals surface area contributed by atoms with Crippen LogP contribution in [0.2, 0.25) is 0 Å². The maximum atomic E-state index is 12.6. The lowest BCUT2D eigenvalue weighted by Crippen LogP contribution is -2.35. The molecule has 1 atom stereocenters. The van der Waals surface area contributed by atoms with Crippen LogP contribution >= 0.6 is 11.8 Å². The molecule has 2 heterocycles. The highest BCUT2D eigenvalue weighted by Gasteiger charge is 2.31. The highest BCUT2D eigenvalue weighted by Crippen LogP contribution is 2.47. The monoisotopic (exact) mass is 492 g/mol. The third-order valence-corrected chi connectivity index (χ3v) is 8.28. The zero-order chi connectivity index (χ0) is 23.7. The molecule has 0 fully saturated rings. The van der Waals surface area contributed by atoms with Crippen molar-refractivity contribution in [1.82, 2.24) is 10.0 Å². The Balaban J connectivity index is 1.22. The number of nitrogens with zero attached hydrogens (tertiary/aromatic N) is 2. The predicted molar refractivity (Wildman–Crippen MR) is 134 cm³/mol. The molecular weight excluding hydrogens is 468 g/mol. The Morgan fingerprint density at radius 2 is 1.62 bits per heavy atom. The average Bonchev–Trinajstić information content (AvgIpc) is 3.10. The van der Waals surface area contributed by atoms with Gasteiger partial charge in [0.15, 0.2) is 0 Å². The molecule has 174 valence electrons. The van der Waals surface area contributed by atoms with Gasteiger partial charge in [0.05, 0.1) is 16.3 Å². The number of anilines is 2. The number of hydrogen-bond acceptors (Lipinski definition) is 6. The molecule has 9 heteroatoms. The van der Waals surface area contributed by atoms with Crippen molar-refractivity contribution in [2.24, 2.45) is 4.99 Å². The average molecular weight is 493 g/mol. The van der Waals surface area contributed by atoms with E-state index in [1.165, 1.54) is 27.2 Å². The first-order chi connectivity index (χ1) is 16.4. The van der Waals surface area contributed by atoms with Gasteiger partial charge in [-0.15, -0.1) is 0 Å². The molecular formula is C25H24N4O3S2. The second kappa shape index (κ2) is 9.15. The molecule has 2 aliphatic heterocycles. The van der Waals surface area contributed by atoms with Crippen molar-refractivity contribution < 1.29 is 13.2 Å². The Labute approximate surface area is 203 Å². The molecule has 3 aromatic carbocycles. The Bertz CT molecular complexity index is 1340. The minimum Gasteiger partial charge on any atom is -0.354 e. The van der Waals surface area contributed by atoms with Crippen LogP contribution in [0.15, 0.2) is 92.5 Å². The molecule has 0 saturated heterocycles. The van der Waals surface area contributed by atoms with E-state index >= 15 is 0 Å². The number of nitrogens with one attached hydrogen (secondary N) is 2. The summed E-state index contributed by atoms with van der Waals surface area (Å²) in [4.78, 5) is 21.9. The first-order valence-electron chi connectivity index (χ1n) is 11.1. The predicted octanol–water partition coefficient (Wildman–Crippen LogP) is 3.92. The molecule has 0 saturated carbocycles. The van der Waals surface area contributed by atoms with E-state index in [1.54, 1.807) is 36.9 Å². The normalized spacial score (nSPS) is 17.3. The van der Waals surface area contributed by atoms with E-state index in [9.17, 15) is 13.2 Å². The fourth-order valence-electron chi connectivity index (χ4n) is 4.10. The second-order valence-electron chi connectivity index (χ2n) is 8.09. The van der Waals surface area contributed by atoms with Crippen molar-refractivity contribution in [2.45, 2.75) is 34.1 Å². The third kappa shape index (κ3) is 4.28. The van der Waals surface area contributed by atoms with Crippen molar-refractivity contribution in [2.75, 3.05) is 18.0 Å². The van der Waals surface area contributed by atoms with Gasteiger partial charge < -0.3 is 10.2 Å². The van der Waals surface area contributed by atoms with E-state index in [1.807, 2.05) is 24.3 Å². The first-order valence-corrected chi connectivity index (χ1v) is 13.4. The number of fused-ring (bicyclic) bond motifs is 3. The lowest BCUT2D eigenvalue weighted by atomic mass is 10.2. The van der Waals surface area contributed by atoms with Crippen LogP contribution in [-0.2, 0) is 14.8 Å². The van der Waals surface area contributed by atoms with Crippen LogP contribution in [0.25, 0.3) is 0 Å². The summed E-state index contributed by atoms with van der Waals surface area (Å²) >= 11 is 1.77. The van der Waals surface area contributed by atoms with Crippen molar-refractivity contribution in [3.05, 3.63) is 78.4 Å². The molecule has 5 rings (SSSR count). The van der Waals surface area contributed by atoms with Gasteiger partial charge in [-0.05, 0) is 49.7 Å². The van der Waals surface area contributed by atoms with Crippen LogP contribution in [0, 0.1) is 0 Å². The molecule has 0 unspecified atom stereocenters. The molecule has 0 radical (unpaired) electrons. The van der Waals surface area contributed by atoms with Gasteiger partial charge in [0.25, 0.3) is 10.0 Å². The van der Waals surface area contributed by atoms with Crippen molar-refractivity contribution >= 4 is 44.9 Å². The van der Waals surface area contributed by atoms with E-state index in [4.69, 9.17) is 0 Å². The van der Waals surface area contributed by atoms with E-state index in [0.29, 0.717) is 12.1 Å². The number of hydrogen-bond donors (Lipinski definition) is 2. The number of amidine groups is 1. The highest BCUT2D eigenvalue weighted by molar-refractivity contribution is 7.99. The number of amides is 1. The molecule has 0 bridgehead atoms. The summed E-state index contributed by atoms with van der Waals surface area (Å²) in [5, 5.41) is 2.93. The Kier molecular flexibility index (Phi) is 6.05. The number of carbonyl (C=O) groups excluding carboxylic acids is 1. The van der Waals surface area contributed by atoms with E-state index in [2.05, 4.69) is 44.2 Å². The van der Waals surface area contributed by atoms with Crippen LogP contribution in [0.4, 0.5) is 11.4 Å². The number of sulfonamides is 1. The maximum Gasteiger partial charge on any atom is 0.263 e. The molecule has 34 heavy (non-hydrogen) atoms. The maximum absolute atomic E-state index is 12.6. The summed E-state index contributed by atoms with van der Waals surface area (Å²) in [5.41, 5.74) is 2.83. The summed E-state index contributed by atoms with van der Waals surface area (Å²) in [7, 11) is -3.63. The molecule has 0 aliphatic carbocycles. The largest absolute Gasteiger partial charge is 0.354 e. The van der Waals surface area contributed by atoms with Crippen LogP contribution < -0.4 is 14.9 Å². The third-order valence-electron chi connectivity index (χ3n) is 5.75. The Morgan fingerprint density at radius 3 is 2.32 bits per heavy atom. The Morgan fingerprint density at radius 1 is 1.00 bits per heavy atom. The molecule has 0 spiro atoms. The zero-order valence-corrected chi connectivity index (χ0v) is 20.2. The number of benzene rings is 3. The van der Waals surface area contributed by atoms with Gasteiger partial charge in [-0.3, -0.25) is 14.5 Å². The molecule has 2 aliphatic rings. The first kappa shape index (κ1) is 22.5. The molecule has 7 nitrogen and oxygen atoms in total. The van der Waals surface area contributed by atoms with Crippen LogP contribution in [0.1, 0.15) is 18.9 Å². The minimum absolute atomic E-state index is 0.182. The summed E-state index contributed by atoms with van der Waals surface area (Å²) in [6.45, 7) is 2.90. The summed E-state index contributed by atoms with van der Waals surface area (Å²) in [6, 6.07) is 22.6. The van der Waals surface area contributed by atoms with Gasteiger partial charge in [-0.25, -0.2) is 8.42 Å². The fraction of sp³-hybridized carbons (Fsp3) is 0.200. The topological polar surface area (TPSA) is 90.9 Å². The number of carbonyl (C=O) groups is 1. The van der Waals surface area contributed by atoms with Crippen molar-refractivity contribution in [1.29, 1.82) is 0 Å². The van der Waals surface area contributed by atoms with Crippen LogP contribution in [0.3, 0.4) is 0 Å². The fourth-order valence-corrected chi connectivity index (χ4v) is 6.44. The van der Waals surface area contributed by atoms with E-state index in [0.717, 1.165) is 13.0 Å². The van der Waals surface area contributed by atoms with Gasteiger partial charge in [-0.2, -0.15) is 0 Å². The van der Waals surface area contributed by atoms with Gasteiger partial charge in [-0.1, -0.05) is 48.2 Å². The number of para-hydroxylation sites is 2. The molecule has 1 amide bonds. The van der Waals surface area contributed by atoms with Gasteiger partial charge in [0.2, 0.25) is 5.91 Å². The standard InChI is InChI=1S/C25H24N4O3S2/c1-17(27-24-18-9-2-7-14-23(18)34(31,32)28-24)25(30)26-15-8-16-29-19-10-3-5-12-21(19)33-22-13-6-4-11-20(22)29/h2-7,9-14,17H,8,15-16H2,1H3,(H,26,30)(H,27,28)/t17-/m0/s1. The quantitative estimate of drug-likeness (QED) is 0.509. The number of aliphatic imine (C=N–C) groups is 1. The Hall–Kier alpha value is -3.30. The van der Waals surface area contributed by atoms with Crippen molar-refractivity contribution in [3.8, 4) is 0 Å². The SMILES string of the molecule is C[C@H](N=C1NS(=O)(=O)c2ccccc21)C(=O)NCCCN1c2ccccc2Sc2ccccc21. The smallest absolute Gasteiger partial charge is 0.263 e. The zero-order valence-electron chi connectivity index (χ0n) is 18.6. The van der Waals surface area contributed by atoms with Gasteiger partial charge in [0.1, 0.15) is 11.9 Å². The summed E-state index contributed by atoms with van der Waals surface area (Å²) < 4.78 is 26.9. The molecule has 0 aromatic heterocycles. The van der Waals surface area contributed by atoms with E-state index < -0.39 is 16.1 Å². The minimum atomic E-state index is -3.63. The van der Waals surface area contributed by atoms with Crippen molar-refractivity contribution in [3.63, 3.8) is 0 Å². The van der Waals surface area contributed by atoms with Crippen LogP contribution in [-0.4, -0.2) is 39.3 Å². The summed E-state index contributed by atoms with van der Waals surface area (Å²) in [6.07, 6.45) is 0.748. The lowest BCUT2D eigenvalue weighted by molar-refractivity contribution is -0.121. The second-order valence-corrected chi connectivity index (χ2v) is 10.8. The van der Waals surface area contributed by atoms with E-state index in [-0.39, 0.29) is 16.6 Å². The van der Waals surface area contributed by atoms with Gasteiger partial charge in [0, 0.05) is 28.4 Å².